The van der Waals surface area contributed by atoms with Crippen LogP contribution in [0.4, 0.5) is 5.69 Å². The van der Waals surface area contributed by atoms with Crippen LogP contribution in [0.2, 0.25) is 0 Å². The van der Waals surface area contributed by atoms with Gasteiger partial charge in [-0.3, -0.25) is 4.99 Å². The molecule has 84 valence electrons. The van der Waals surface area contributed by atoms with Gasteiger partial charge >= 0.3 is 0 Å². The highest BCUT2D eigenvalue weighted by atomic mass is 14.7. The summed E-state index contributed by atoms with van der Waals surface area (Å²) in [6, 6.07) is 19.2. The van der Waals surface area contributed by atoms with E-state index in [-0.39, 0.29) is 0 Å². The average Bonchev–Trinajstić information content (AvgIpc) is 2.45. The van der Waals surface area contributed by atoms with Crippen molar-refractivity contribution in [3.63, 3.8) is 0 Å². The first-order valence-corrected chi connectivity index (χ1v) is 5.47. The van der Waals surface area contributed by atoms with Crippen LogP contribution in [-0.2, 0) is 0 Å². The molecule has 0 aliphatic heterocycles. The molecule has 0 heterocycles. The number of benzene rings is 2. The zero-order valence-corrected chi connectivity index (χ0v) is 9.45. The second kappa shape index (κ2) is 5.80. The van der Waals surface area contributed by atoms with Gasteiger partial charge in [-0.05, 0) is 30.6 Å². The van der Waals surface area contributed by atoms with Crippen molar-refractivity contribution in [2.45, 2.75) is 6.88 Å². The number of hydrogen-bond donors (Lipinski definition) is 0. The van der Waals surface area contributed by atoms with Gasteiger partial charge in [0.05, 0.1) is 5.69 Å². The maximum absolute atomic E-state index is 7.53. The molecule has 0 radical (unpaired) electrons. The van der Waals surface area contributed by atoms with Crippen LogP contribution in [-0.4, -0.2) is 5.71 Å². The van der Waals surface area contributed by atoms with Gasteiger partial charge in [0.15, 0.2) is 0 Å². The van der Waals surface area contributed by atoms with Gasteiger partial charge in [-0.1, -0.05) is 54.6 Å². The van der Waals surface area contributed by atoms with Gasteiger partial charge in [-0.25, -0.2) is 0 Å². The highest BCUT2D eigenvalue weighted by Gasteiger charge is 1.88. The monoisotopic (exact) mass is 223 g/mol. The summed E-state index contributed by atoms with van der Waals surface area (Å²) in [4.78, 5) is 4.33. The van der Waals surface area contributed by atoms with Crippen molar-refractivity contribution in [2.24, 2.45) is 4.99 Å². The van der Waals surface area contributed by atoms with Gasteiger partial charge in [-0.15, -0.1) is 0 Å². The van der Waals surface area contributed by atoms with Crippen LogP contribution >= 0.6 is 0 Å². The Morgan fingerprint density at radius 2 is 1.65 bits per heavy atom. The van der Waals surface area contributed by atoms with Gasteiger partial charge in [-0.2, -0.15) is 0 Å². The molecule has 0 N–H and O–H groups in total. The topological polar surface area (TPSA) is 12.4 Å². The van der Waals surface area contributed by atoms with E-state index in [1.165, 1.54) is 0 Å². The van der Waals surface area contributed by atoms with E-state index in [0.29, 0.717) is 5.71 Å². The van der Waals surface area contributed by atoms with Crippen molar-refractivity contribution in [3.8, 4) is 0 Å². The van der Waals surface area contributed by atoms with E-state index in [1.807, 2.05) is 66.7 Å². The molecule has 0 unspecified atom stereocenters. The van der Waals surface area contributed by atoms with Crippen LogP contribution in [0, 0.1) is 0 Å². The fraction of sp³-hybridized carbons (Fsp3) is 0.0625. The first-order valence-electron chi connectivity index (χ1n) is 6.62. The number of hydrogen-bond acceptors (Lipinski definition) is 1. The predicted molar refractivity (Wildman–Crippen MR) is 74.7 cm³/mol. The molecule has 0 fully saturated rings. The van der Waals surface area contributed by atoms with E-state index in [0.717, 1.165) is 11.3 Å². The summed E-state index contributed by atoms with van der Waals surface area (Å²) >= 11 is 0. The minimum Gasteiger partial charge on any atom is -0.254 e. The van der Waals surface area contributed by atoms with Crippen molar-refractivity contribution >= 4 is 17.5 Å². The van der Waals surface area contributed by atoms with E-state index in [9.17, 15) is 0 Å². The third-order valence-electron chi connectivity index (χ3n) is 2.26. The predicted octanol–water partition coefficient (Wildman–Crippen LogP) is 4.49. The standard InChI is InChI=1S/C16H15N/c1-14(17-16-10-6-3-7-11-16)12-13-15-8-4-2-5-9-15/h2-13H,1H3/b13-12+,17-14?/i1D2. The fourth-order valence-electron chi connectivity index (χ4n) is 1.43. The Bertz CT molecular complexity index is 560. The first kappa shape index (κ1) is 8.94. The van der Waals surface area contributed by atoms with Crippen molar-refractivity contribution in [2.75, 3.05) is 0 Å². The molecular weight excluding hydrogens is 206 g/mol. The summed E-state index contributed by atoms with van der Waals surface area (Å²) in [6.07, 6.45) is 3.60. The van der Waals surface area contributed by atoms with Gasteiger partial charge in [0, 0.05) is 8.45 Å². The average molecular weight is 223 g/mol. The Kier molecular flexibility index (Phi) is 3.05. The molecule has 0 saturated heterocycles. The van der Waals surface area contributed by atoms with E-state index < -0.39 is 6.88 Å². The molecule has 0 bridgehead atoms. The molecule has 1 nitrogen and oxygen atoms in total. The van der Waals surface area contributed by atoms with E-state index in [2.05, 4.69) is 4.99 Å². The van der Waals surface area contributed by atoms with Crippen LogP contribution in [0.3, 0.4) is 0 Å². The molecule has 2 aromatic carbocycles. The van der Waals surface area contributed by atoms with Crippen LogP contribution in [0.1, 0.15) is 15.2 Å². The second-order valence-corrected chi connectivity index (χ2v) is 3.62. The van der Waals surface area contributed by atoms with Gasteiger partial charge in [0.1, 0.15) is 0 Å². The molecule has 0 saturated carbocycles. The van der Waals surface area contributed by atoms with Crippen molar-refractivity contribution < 1.29 is 2.74 Å². The molecule has 1 heteroatoms. The van der Waals surface area contributed by atoms with E-state index in [1.54, 1.807) is 6.08 Å². The van der Waals surface area contributed by atoms with E-state index in [4.69, 9.17) is 2.74 Å². The number of nitrogens with zero attached hydrogens (tertiary/aromatic N) is 1. The third kappa shape index (κ3) is 3.72. The highest BCUT2D eigenvalue weighted by molar-refractivity contribution is 5.97. The lowest BCUT2D eigenvalue weighted by Crippen LogP contribution is -1.82. The Morgan fingerprint density at radius 3 is 2.29 bits per heavy atom. The number of allylic oxidation sites excluding steroid dienone is 1. The summed E-state index contributed by atoms with van der Waals surface area (Å²) in [5, 5.41) is 0. The van der Waals surface area contributed by atoms with Crippen molar-refractivity contribution in [1.29, 1.82) is 0 Å². The smallest absolute Gasteiger partial charge is 0.0632 e. The molecular formula is C16H15N. The minimum atomic E-state index is -1.10. The molecule has 0 aliphatic carbocycles. The molecule has 2 rings (SSSR count). The Labute approximate surface area is 105 Å². The Balaban J connectivity index is 2.22. The summed E-state index contributed by atoms with van der Waals surface area (Å²) < 4.78 is 15.1. The van der Waals surface area contributed by atoms with Gasteiger partial charge < -0.3 is 0 Å². The normalized spacial score (nSPS) is 13.8. The van der Waals surface area contributed by atoms with Crippen molar-refractivity contribution in [3.05, 3.63) is 72.3 Å². The van der Waals surface area contributed by atoms with Crippen LogP contribution in [0.5, 0.6) is 0 Å². The second-order valence-electron chi connectivity index (χ2n) is 3.62. The number of rotatable bonds is 3. The molecule has 0 spiro atoms. The summed E-state index contributed by atoms with van der Waals surface area (Å²) in [5.41, 5.74) is 2.22. The zero-order valence-electron chi connectivity index (χ0n) is 11.5. The van der Waals surface area contributed by atoms with Crippen LogP contribution in [0.15, 0.2) is 71.7 Å². The first-order chi connectivity index (χ1) is 9.25. The van der Waals surface area contributed by atoms with Crippen LogP contribution in [0.25, 0.3) is 6.08 Å². The number of aliphatic imine (C=N–C) groups is 1. The third-order valence-corrected chi connectivity index (χ3v) is 2.26. The maximum Gasteiger partial charge on any atom is 0.0632 e. The molecule has 2 aromatic rings. The van der Waals surface area contributed by atoms with Crippen LogP contribution < -0.4 is 0 Å². The Hall–Kier alpha value is -2.15. The maximum atomic E-state index is 7.53. The molecule has 0 aliphatic rings. The zero-order chi connectivity index (χ0) is 13.5. The fourth-order valence-corrected chi connectivity index (χ4v) is 1.43. The molecule has 0 aromatic heterocycles. The highest BCUT2D eigenvalue weighted by Crippen LogP contribution is 2.10. The van der Waals surface area contributed by atoms with Crippen molar-refractivity contribution in [1.82, 2.24) is 0 Å². The molecule has 0 atom stereocenters. The molecule has 0 amide bonds. The summed E-state index contributed by atoms with van der Waals surface area (Å²) in [7, 11) is 0. The lowest BCUT2D eigenvalue weighted by molar-refractivity contribution is 1.50. The lowest BCUT2D eigenvalue weighted by atomic mass is 10.2. The SMILES string of the molecule is [2H]C([2H])C(/C=C/c1ccccc1)=Nc1ccccc1. The van der Waals surface area contributed by atoms with E-state index >= 15 is 0 Å². The van der Waals surface area contributed by atoms with Gasteiger partial charge in [0.2, 0.25) is 0 Å². The summed E-state index contributed by atoms with van der Waals surface area (Å²) in [6.45, 7) is -1.10. The van der Waals surface area contributed by atoms with Gasteiger partial charge in [0.25, 0.3) is 0 Å². The summed E-state index contributed by atoms with van der Waals surface area (Å²) in [5.74, 6) is 0. The lowest BCUT2D eigenvalue weighted by Gasteiger charge is -1.95. The largest absolute Gasteiger partial charge is 0.254 e. The quantitative estimate of drug-likeness (QED) is 0.680. The molecule has 17 heavy (non-hydrogen) atoms. The Morgan fingerprint density at radius 1 is 1.00 bits per heavy atom. The number of para-hydroxylation sites is 1. The minimum absolute atomic E-state index is 0.426.